The smallest absolute Gasteiger partial charge is 0.252 e. The average Bonchev–Trinajstić information content (AvgIpc) is 3.46. The van der Waals surface area contributed by atoms with Crippen LogP contribution in [0.2, 0.25) is 0 Å². The minimum atomic E-state index is -0.0669. The van der Waals surface area contributed by atoms with Crippen LogP contribution in [-0.2, 0) is 20.1 Å². The van der Waals surface area contributed by atoms with Crippen molar-refractivity contribution in [3.8, 4) is 0 Å². The summed E-state index contributed by atoms with van der Waals surface area (Å²) in [6.45, 7) is 3.34. The normalized spacial score (nSPS) is 14.0. The molecule has 2 heterocycles. The molecule has 3 aromatic rings. The van der Waals surface area contributed by atoms with Gasteiger partial charge in [0.05, 0.1) is 16.6 Å². The summed E-state index contributed by atoms with van der Waals surface area (Å²) in [5, 5.41) is 8.40. The zero-order chi connectivity index (χ0) is 19.8. The second-order valence-corrected chi connectivity index (χ2v) is 8.01. The molecule has 0 saturated heterocycles. The number of aromatic nitrogens is 3. The quantitative estimate of drug-likeness (QED) is 0.717. The maximum atomic E-state index is 13.0. The fourth-order valence-corrected chi connectivity index (χ4v) is 3.64. The molecule has 1 aliphatic rings. The first kappa shape index (κ1) is 18.6. The fraction of sp³-hybridized carbons (Fsp3) is 0.409. The van der Waals surface area contributed by atoms with Gasteiger partial charge in [-0.25, -0.2) is 4.98 Å². The topological polar surface area (TPSA) is 63.1 Å². The second kappa shape index (κ2) is 7.36. The van der Waals surface area contributed by atoms with Gasteiger partial charge in [-0.3, -0.25) is 9.48 Å². The number of nitrogens with zero attached hydrogens (tertiary/aromatic N) is 4. The first-order valence-corrected chi connectivity index (χ1v) is 9.77. The van der Waals surface area contributed by atoms with Crippen LogP contribution >= 0.6 is 0 Å². The molecule has 146 valence electrons. The van der Waals surface area contributed by atoms with Crippen molar-refractivity contribution < 1.29 is 4.79 Å². The van der Waals surface area contributed by atoms with Gasteiger partial charge < -0.3 is 10.2 Å². The van der Waals surface area contributed by atoms with Crippen molar-refractivity contribution in [1.82, 2.24) is 25.0 Å². The molecule has 1 aliphatic carbocycles. The lowest BCUT2D eigenvalue weighted by Crippen LogP contribution is -2.23. The van der Waals surface area contributed by atoms with E-state index in [1.807, 2.05) is 20.0 Å². The van der Waals surface area contributed by atoms with Crippen LogP contribution in [0.3, 0.4) is 0 Å². The highest BCUT2D eigenvalue weighted by Gasteiger charge is 2.28. The Morgan fingerprint density at radius 1 is 1.21 bits per heavy atom. The number of amides is 1. The van der Waals surface area contributed by atoms with E-state index in [0.717, 1.165) is 47.4 Å². The van der Waals surface area contributed by atoms with Gasteiger partial charge in [0.1, 0.15) is 0 Å². The van der Waals surface area contributed by atoms with E-state index in [1.165, 1.54) is 5.56 Å². The maximum Gasteiger partial charge on any atom is 0.252 e. The Bertz CT molecular complexity index is 1020. The first-order chi connectivity index (χ1) is 13.4. The van der Waals surface area contributed by atoms with E-state index in [2.05, 4.69) is 53.7 Å². The van der Waals surface area contributed by atoms with Crippen LogP contribution < -0.4 is 5.32 Å². The van der Waals surface area contributed by atoms with Gasteiger partial charge in [0, 0.05) is 31.7 Å². The van der Waals surface area contributed by atoms with E-state index in [1.54, 1.807) is 4.68 Å². The lowest BCUT2D eigenvalue weighted by atomic mass is 10.1. The van der Waals surface area contributed by atoms with Crippen LogP contribution in [0.4, 0.5) is 0 Å². The van der Waals surface area contributed by atoms with Crippen LogP contribution in [0.5, 0.6) is 0 Å². The van der Waals surface area contributed by atoms with Crippen molar-refractivity contribution in [3.63, 3.8) is 0 Å². The molecule has 0 atom stereocenters. The lowest BCUT2D eigenvalue weighted by Gasteiger charge is -2.11. The molecule has 1 saturated carbocycles. The average molecular weight is 377 g/mol. The van der Waals surface area contributed by atoms with Crippen LogP contribution in [0.1, 0.15) is 51.6 Å². The minimum Gasteiger partial charge on any atom is -0.348 e. The van der Waals surface area contributed by atoms with E-state index in [9.17, 15) is 4.79 Å². The van der Waals surface area contributed by atoms with Crippen LogP contribution in [0, 0.1) is 6.92 Å². The van der Waals surface area contributed by atoms with Gasteiger partial charge in [0.2, 0.25) is 0 Å². The minimum absolute atomic E-state index is 0.0669. The van der Waals surface area contributed by atoms with Crippen LogP contribution in [-0.4, -0.2) is 39.7 Å². The Balaban J connectivity index is 1.55. The summed E-state index contributed by atoms with van der Waals surface area (Å²) in [5.41, 5.74) is 5.67. The third-order valence-corrected chi connectivity index (χ3v) is 5.20. The highest BCUT2D eigenvalue weighted by molar-refractivity contribution is 6.06. The van der Waals surface area contributed by atoms with Crippen LogP contribution in [0.25, 0.3) is 11.0 Å². The standard InChI is InChI=1S/C22H27N5O/c1-14-20-18(11-19(17-9-10-17)24-21(20)27(4)25-14)22(28)23-12-15-5-7-16(8-6-15)13-26(2)3/h5-8,11,17H,9-10,12-13H2,1-4H3,(H,23,28). The number of hydrogen-bond donors (Lipinski definition) is 1. The summed E-state index contributed by atoms with van der Waals surface area (Å²) in [4.78, 5) is 19.9. The molecule has 2 aromatic heterocycles. The number of benzene rings is 1. The molecular weight excluding hydrogens is 350 g/mol. The molecule has 0 aliphatic heterocycles. The molecular formula is C22H27N5O. The monoisotopic (exact) mass is 377 g/mol. The zero-order valence-electron chi connectivity index (χ0n) is 17.0. The van der Waals surface area contributed by atoms with Gasteiger partial charge in [-0.1, -0.05) is 24.3 Å². The summed E-state index contributed by atoms with van der Waals surface area (Å²) in [6, 6.07) is 10.3. The molecule has 1 N–H and O–H groups in total. The van der Waals surface area contributed by atoms with Crippen molar-refractivity contribution in [3.05, 3.63) is 58.4 Å². The largest absolute Gasteiger partial charge is 0.348 e. The Hall–Kier alpha value is -2.73. The molecule has 0 radical (unpaired) electrons. The fourth-order valence-electron chi connectivity index (χ4n) is 3.64. The number of aryl methyl sites for hydroxylation is 2. The highest BCUT2D eigenvalue weighted by Crippen LogP contribution is 2.40. The summed E-state index contributed by atoms with van der Waals surface area (Å²) in [7, 11) is 6.00. The maximum absolute atomic E-state index is 13.0. The van der Waals surface area contributed by atoms with E-state index >= 15 is 0 Å². The number of hydrogen-bond acceptors (Lipinski definition) is 4. The number of nitrogens with one attached hydrogen (secondary N) is 1. The predicted octanol–water partition coefficient (Wildman–Crippen LogP) is 3.15. The molecule has 0 unspecified atom stereocenters. The lowest BCUT2D eigenvalue weighted by molar-refractivity contribution is 0.0952. The summed E-state index contributed by atoms with van der Waals surface area (Å²) in [6.07, 6.45) is 2.30. The van der Waals surface area contributed by atoms with Gasteiger partial charge in [0.25, 0.3) is 5.91 Å². The van der Waals surface area contributed by atoms with E-state index in [0.29, 0.717) is 18.0 Å². The Kier molecular flexibility index (Phi) is 4.89. The molecule has 28 heavy (non-hydrogen) atoms. The van der Waals surface area contributed by atoms with Gasteiger partial charge in [-0.2, -0.15) is 5.10 Å². The number of pyridine rings is 1. The molecule has 0 spiro atoms. The number of fused-ring (bicyclic) bond motifs is 1. The second-order valence-electron chi connectivity index (χ2n) is 8.01. The number of carbonyl (C=O) groups is 1. The third kappa shape index (κ3) is 3.78. The SMILES string of the molecule is Cc1nn(C)c2nc(C3CC3)cc(C(=O)NCc3ccc(CN(C)C)cc3)c12. The van der Waals surface area contributed by atoms with Gasteiger partial charge >= 0.3 is 0 Å². The predicted molar refractivity (Wildman–Crippen MR) is 110 cm³/mol. The van der Waals surface area contributed by atoms with Crippen molar-refractivity contribution in [2.45, 2.75) is 38.8 Å². The van der Waals surface area contributed by atoms with Crippen molar-refractivity contribution >= 4 is 16.9 Å². The number of rotatable bonds is 6. The summed E-state index contributed by atoms with van der Waals surface area (Å²) in [5.74, 6) is 0.415. The zero-order valence-corrected chi connectivity index (χ0v) is 17.0. The molecule has 6 heteroatoms. The van der Waals surface area contributed by atoms with E-state index in [4.69, 9.17) is 4.98 Å². The first-order valence-electron chi connectivity index (χ1n) is 9.77. The molecule has 6 nitrogen and oxygen atoms in total. The highest BCUT2D eigenvalue weighted by atomic mass is 16.1. The van der Waals surface area contributed by atoms with Crippen molar-refractivity contribution in [2.24, 2.45) is 7.05 Å². The summed E-state index contributed by atoms with van der Waals surface area (Å²) >= 11 is 0. The molecule has 4 rings (SSSR count). The molecule has 1 aromatic carbocycles. The Labute approximate surface area is 165 Å². The van der Waals surface area contributed by atoms with Crippen LogP contribution in [0.15, 0.2) is 30.3 Å². The third-order valence-electron chi connectivity index (χ3n) is 5.20. The Morgan fingerprint density at radius 2 is 1.89 bits per heavy atom. The van der Waals surface area contributed by atoms with E-state index in [-0.39, 0.29) is 5.91 Å². The van der Waals surface area contributed by atoms with Gasteiger partial charge in [-0.15, -0.1) is 0 Å². The molecule has 1 amide bonds. The van der Waals surface area contributed by atoms with Crippen molar-refractivity contribution in [2.75, 3.05) is 14.1 Å². The number of carbonyl (C=O) groups excluding carboxylic acids is 1. The molecule has 1 fully saturated rings. The van der Waals surface area contributed by atoms with Gasteiger partial charge in [0.15, 0.2) is 5.65 Å². The summed E-state index contributed by atoms with van der Waals surface area (Å²) < 4.78 is 1.77. The molecule has 0 bridgehead atoms. The van der Waals surface area contributed by atoms with E-state index < -0.39 is 0 Å². The van der Waals surface area contributed by atoms with Gasteiger partial charge in [-0.05, 0) is 51.1 Å². The Morgan fingerprint density at radius 3 is 2.54 bits per heavy atom. The van der Waals surface area contributed by atoms with Crippen molar-refractivity contribution in [1.29, 1.82) is 0 Å².